The molecule has 1 heterocycles. The fourth-order valence-corrected chi connectivity index (χ4v) is 4.18. The topological polar surface area (TPSA) is 33.1 Å². The van der Waals surface area contributed by atoms with Crippen LogP contribution in [0.25, 0.3) is 10.6 Å². The summed E-state index contributed by atoms with van der Waals surface area (Å²) in [6.07, 6.45) is 1.40. The zero-order valence-electron chi connectivity index (χ0n) is 11.9. The summed E-state index contributed by atoms with van der Waals surface area (Å²) in [4.78, 5) is 5.83. The Bertz CT molecular complexity index is 662. The van der Waals surface area contributed by atoms with Crippen molar-refractivity contribution in [2.45, 2.75) is 39.7 Å². The highest BCUT2D eigenvalue weighted by Crippen LogP contribution is 2.44. The number of thiazole rings is 1. The molecule has 0 saturated carbocycles. The van der Waals surface area contributed by atoms with Crippen LogP contribution in [0.2, 0.25) is 0 Å². The van der Waals surface area contributed by atoms with Crippen LogP contribution in [0.3, 0.4) is 0 Å². The molecule has 1 aliphatic rings. The quantitative estimate of drug-likeness (QED) is 0.793. The number of nitrogens with zero attached hydrogens (tertiary/aromatic N) is 1. The highest BCUT2D eigenvalue weighted by Gasteiger charge is 2.34. The van der Waals surface area contributed by atoms with Crippen LogP contribution in [0.5, 0.6) is 0 Å². The first-order valence-corrected chi connectivity index (χ1v) is 8.41. The molecule has 0 spiro atoms. The third kappa shape index (κ3) is 2.57. The molecule has 1 aromatic heterocycles. The molecule has 106 valence electrons. The molecular formula is C16H18BrNOS. The van der Waals surface area contributed by atoms with Crippen LogP contribution in [-0.2, 0) is 6.42 Å². The van der Waals surface area contributed by atoms with Crippen molar-refractivity contribution in [2.75, 3.05) is 0 Å². The van der Waals surface area contributed by atoms with Crippen molar-refractivity contribution in [2.24, 2.45) is 5.41 Å². The Kier molecular flexibility index (Phi) is 3.51. The summed E-state index contributed by atoms with van der Waals surface area (Å²) in [5, 5.41) is 11.3. The molecule has 2 aromatic rings. The number of aromatic nitrogens is 1. The van der Waals surface area contributed by atoms with Gasteiger partial charge < -0.3 is 5.11 Å². The zero-order chi connectivity index (χ0) is 14.5. The van der Waals surface area contributed by atoms with E-state index in [4.69, 9.17) is 4.98 Å². The van der Waals surface area contributed by atoms with Crippen LogP contribution in [0.15, 0.2) is 22.7 Å². The molecule has 4 heteroatoms. The van der Waals surface area contributed by atoms with Gasteiger partial charge in [-0.3, -0.25) is 0 Å². The lowest BCUT2D eigenvalue weighted by Gasteiger charge is -2.31. The number of benzene rings is 1. The number of aryl methyl sites for hydroxylation is 1. The van der Waals surface area contributed by atoms with Gasteiger partial charge in [-0.15, -0.1) is 11.3 Å². The van der Waals surface area contributed by atoms with Crippen molar-refractivity contribution in [3.05, 3.63) is 38.8 Å². The van der Waals surface area contributed by atoms with E-state index in [1.54, 1.807) is 11.3 Å². The van der Waals surface area contributed by atoms with Crippen molar-refractivity contribution in [1.29, 1.82) is 0 Å². The molecule has 2 nitrogen and oxygen atoms in total. The molecule has 1 atom stereocenters. The van der Waals surface area contributed by atoms with Gasteiger partial charge in [0, 0.05) is 10.0 Å². The van der Waals surface area contributed by atoms with Crippen LogP contribution in [0.1, 0.15) is 42.5 Å². The van der Waals surface area contributed by atoms with E-state index in [0.29, 0.717) is 0 Å². The fraction of sp³-hybridized carbons (Fsp3) is 0.438. The normalized spacial score (nSPS) is 20.8. The first-order valence-electron chi connectivity index (χ1n) is 6.80. The molecule has 0 saturated heterocycles. The predicted octanol–water partition coefficient (Wildman–Crippen LogP) is 4.89. The molecular weight excluding hydrogens is 334 g/mol. The van der Waals surface area contributed by atoms with Gasteiger partial charge in [0.05, 0.1) is 16.7 Å². The van der Waals surface area contributed by atoms with E-state index in [0.717, 1.165) is 38.5 Å². The molecule has 0 aliphatic heterocycles. The van der Waals surface area contributed by atoms with E-state index in [2.05, 4.69) is 54.9 Å². The Hall–Kier alpha value is -0.710. The third-order valence-electron chi connectivity index (χ3n) is 3.84. The lowest BCUT2D eigenvalue weighted by molar-refractivity contribution is 0.102. The van der Waals surface area contributed by atoms with Crippen LogP contribution in [0.4, 0.5) is 0 Å². The Labute approximate surface area is 132 Å². The standard InChI is InChI=1S/C16H18BrNOS/c1-9-4-5-10(6-11(9)17)15-18-12-7-16(2,3)8-13(19)14(12)20-15/h4-6,13,19H,7-8H2,1-3H3. The summed E-state index contributed by atoms with van der Waals surface area (Å²) in [7, 11) is 0. The number of halogens is 1. The molecule has 3 rings (SSSR count). The SMILES string of the molecule is Cc1ccc(-c2nc3c(s2)C(O)CC(C)(C)C3)cc1Br. The number of aliphatic hydroxyl groups is 1. The molecule has 0 radical (unpaired) electrons. The van der Waals surface area contributed by atoms with Gasteiger partial charge in [0.15, 0.2) is 0 Å². The van der Waals surface area contributed by atoms with Gasteiger partial charge >= 0.3 is 0 Å². The smallest absolute Gasteiger partial charge is 0.124 e. The predicted molar refractivity (Wildman–Crippen MR) is 87.0 cm³/mol. The Morgan fingerprint density at radius 2 is 2.15 bits per heavy atom. The monoisotopic (exact) mass is 351 g/mol. The first-order chi connectivity index (χ1) is 9.35. The Morgan fingerprint density at radius 3 is 2.85 bits per heavy atom. The lowest BCUT2D eigenvalue weighted by Crippen LogP contribution is -2.24. The van der Waals surface area contributed by atoms with Crippen molar-refractivity contribution in [3.63, 3.8) is 0 Å². The summed E-state index contributed by atoms with van der Waals surface area (Å²) >= 11 is 5.20. The second-order valence-electron chi connectivity index (χ2n) is 6.35. The molecule has 1 aliphatic carbocycles. The first kappa shape index (κ1) is 14.2. The van der Waals surface area contributed by atoms with Crippen molar-refractivity contribution < 1.29 is 5.11 Å². The number of hydrogen-bond donors (Lipinski definition) is 1. The molecule has 1 aromatic carbocycles. The average molecular weight is 352 g/mol. The van der Waals surface area contributed by atoms with E-state index >= 15 is 0 Å². The molecule has 20 heavy (non-hydrogen) atoms. The van der Waals surface area contributed by atoms with Gasteiger partial charge in [-0.2, -0.15) is 0 Å². The minimum atomic E-state index is -0.367. The lowest BCUT2D eigenvalue weighted by atomic mass is 9.77. The van der Waals surface area contributed by atoms with E-state index in [1.165, 1.54) is 5.56 Å². The van der Waals surface area contributed by atoms with E-state index in [1.807, 2.05) is 0 Å². The second-order valence-corrected chi connectivity index (χ2v) is 8.24. The molecule has 1 N–H and O–H groups in total. The number of fused-ring (bicyclic) bond motifs is 1. The van der Waals surface area contributed by atoms with Gasteiger partial charge in [0.25, 0.3) is 0 Å². The summed E-state index contributed by atoms with van der Waals surface area (Å²) in [6, 6.07) is 6.30. The molecule has 0 fully saturated rings. The summed E-state index contributed by atoms with van der Waals surface area (Å²) < 4.78 is 1.10. The largest absolute Gasteiger partial charge is 0.387 e. The maximum atomic E-state index is 10.3. The third-order valence-corrected chi connectivity index (χ3v) is 5.94. The minimum absolute atomic E-state index is 0.131. The Balaban J connectivity index is 2.03. The summed E-state index contributed by atoms with van der Waals surface area (Å²) in [5.74, 6) is 0. The van der Waals surface area contributed by atoms with E-state index < -0.39 is 0 Å². The van der Waals surface area contributed by atoms with Gasteiger partial charge in [-0.25, -0.2) is 4.98 Å². The maximum absolute atomic E-state index is 10.3. The highest BCUT2D eigenvalue weighted by atomic mass is 79.9. The molecule has 0 bridgehead atoms. The van der Waals surface area contributed by atoms with Crippen molar-refractivity contribution >= 4 is 27.3 Å². The zero-order valence-corrected chi connectivity index (χ0v) is 14.3. The Morgan fingerprint density at radius 1 is 1.40 bits per heavy atom. The number of rotatable bonds is 1. The second kappa shape index (κ2) is 4.93. The molecule has 1 unspecified atom stereocenters. The van der Waals surface area contributed by atoms with E-state index in [9.17, 15) is 5.11 Å². The van der Waals surface area contributed by atoms with Crippen LogP contribution < -0.4 is 0 Å². The van der Waals surface area contributed by atoms with Crippen molar-refractivity contribution in [1.82, 2.24) is 4.98 Å². The maximum Gasteiger partial charge on any atom is 0.124 e. The number of aliphatic hydroxyl groups excluding tert-OH is 1. The van der Waals surface area contributed by atoms with Crippen molar-refractivity contribution in [3.8, 4) is 10.6 Å². The minimum Gasteiger partial charge on any atom is -0.387 e. The van der Waals surface area contributed by atoms with Gasteiger partial charge in [0.1, 0.15) is 5.01 Å². The van der Waals surface area contributed by atoms with Gasteiger partial charge in [-0.05, 0) is 36.8 Å². The van der Waals surface area contributed by atoms with Gasteiger partial charge in [0.2, 0.25) is 0 Å². The highest BCUT2D eigenvalue weighted by molar-refractivity contribution is 9.10. The van der Waals surface area contributed by atoms with Crippen LogP contribution in [-0.4, -0.2) is 10.1 Å². The number of hydrogen-bond acceptors (Lipinski definition) is 3. The summed E-state index contributed by atoms with van der Waals surface area (Å²) in [5.41, 5.74) is 3.54. The summed E-state index contributed by atoms with van der Waals surface area (Å²) in [6.45, 7) is 6.47. The van der Waals surface area contributed by atoms with Crippen LogP contribution in [0, 0.1) is 12.3 Å². The fourth-order valence-electron chi connectivity index (χ4n) is 2.74. The molecule has 0 amide bonds. The average Bonchev–Trinajstić information content (AvgIpc) is 2.75. The van der Waals surface area contributed by atoms with E-state index in [-0.39, 0.29) is 11.5 Å². The van der Waals surface area contributed by atoms with Crippen LogP contribution >= 0.6 is 27.3 Å². The van der Waals surface area contributed by atoms with Gasteiger partial charge in [-0.1, -0.05) is 41.9 Å².